The van der Waals surface area contributed by atoms with Crippen LogP contribution in [-0.2, 0) is 4.74 Å². The van der Waals surface area contributed by atoms with Crippen molar-refractivity contribution in [2.24, 2.45) is 5.92 Å². The lowest BCUT2D eigenvalue weighted by Crippen LogP contribution is -2.29. The molecule has 0 spiro atoms. The van der Waals surface area contributed by atoms with Gasteiger partial charge in [0.15, 0.2) is 0 Å². The molecular formula is C10H21NO. The highest BCUT2D eigenvalue weighted by Crippen LogP contribution is 2.32. The molecule has 1 N–H and O–H groups in total. The molecule has 1 unspecified atom stereocenters. The van der Waals surface area contributed by atoms with Gasteiger partial charge in [0.25, 0.3) is 0 Å². The molecule has 12 heavy (non-hydrogen) atoms. The highest BCUT2D eigenvalue weighted by atomic mass is 16.5. The maximum atomic E-state index is 5.25. The molecule has 1 rings (SSSR count). The number of rotatable bonds is 7. The Morgan fingerprint density at radius 1 is 1.50 bits per heavy atom. The van der Waals surface area contributed by atoms with Crippen LogP contribution in [0.2, 0.25) is 0 Å². The van der Waals surface area contributed by atoms with Crippen LogP contribution in [0.3, 0.4) is 0 Å². The average molecular weight is 171 g/mol. The quantitative estimate of drug-likeness (QED) is 0.590. The predicted molar refractivity (Wildman–Crippen MR) is 51.3 cm³/mol. The lowest BCUT2D eigenvalue weighted by molar-refractivity contribution is 0.144. The molecule has 1 fully saturated rings. The zero-order chi connectivity index (χ0) is 8.81. The molecule has 1 atom stereocenters. The minimum atomic E-state index is 0.728. The summed E-state index contributed by atoms with van der Waals surface area (Å²) in [6.45, 7) is 7.19. The standard InChI is InChI=1S/C10H21NO/c1-3-12-8-4-7-11-9(2)10-5-6-10/h9-11H,3-8H2,1-2H3. The van der Waals surface area contributed by atoms with E-state index in [1.165, 1.54) is 12.8 Å². The van der Waals surface area contributed by atoms with Crippen molar-refractivity contribution in [1.82, 2.24) is 5.32 Å². The zero-order valence-corrected chi connectivity index (χ0v) is 8.31. The summed E-state index contributed by atoms with van der Waals surface area (Å²) in [5.74, 6) is 0.970. The van der Waals surface area contributed by atoms with E-state index in [-0.39, 0.29) is 0 Å². The first-order valence-corrected chi connectivity index (χ1v) is 5.15. The van der Waals surface area contributed by atoms with Gasteiger partial charge in [0.05, 0.1) is 0 Å². The first-order valence-electron chi connectivity index (χ1n) is 5.15. The van der Waals surface area contributed by atoms with E-state index < -0.39 is 0 Å². The summed E-state index contributed by atoms with van der Waals surface area (Å²) < 4.78 is 5.25. The maximum absolute atomic E-state index is 5.25. The fourth-order valence-electron chi connectivity index (χ4n) is 1.41. The molecular weight excluding hydrogens is 150 g/mol. The lowest BCUT2D eigenvalue weighted by atomic mass is 10.2. The zero-order valence-electron chi connectivity index (χ0n) is 8.31. The third-order valence-corrected chi connectivity index (χ3v) is 2.47. The van der Waals surface area contributed by atoms with Crippen LogP contribution >= 0.6 is 0 Å². The summed E-state index contributed by atoms with van der Waals surface area (Å²) in [5.41, 5.74) is 0. The van der Waals surface area contributed by atoms with Crippen LogP contribution in [0.4, 0.5) is 0 Å². The average Bonchev–Trinajstić information content (AvgIpc) is 2.86. The Balaban J connectivity index is 1.81. The SMILES string of the molecule is CCOCCCNC(C)C1CC1. The Morgan fingerprint density at radius 2 is 2.25 bits per heavy atom. The second kappa shape index (κ2) is 5.55. The van der Waals surface area contributed by atoms with Gasteiger partial charge in [-0.2, -0.15) is 0 Å². The van der Waals surface area contributed by atoms with Crippen LogP contribution in [0.5, 0.6) is 0 Å². The largest absolute Gasteiger partial charge is 0.382 e. The molecule has 2 nitrogen and oxygen atoms in total. The van der Waals surface area contributed by atoms with Gasteiger partial charge in [-0.1, -0.05) is 0 Å². The second-order valence-corrected chi connectivity index (χ2v) is 3.63. The van der Waals surface area contributed by atoms with Crippen molar-refractivity contribution >= 4 is 0 Å². The van der Waals surface area contributed by atoms with Gasteiger partial charge in [-0.25, -0.2) is 0 Å². The molecule has 0 radical (unpaired) electrons. The predicted octanol–water partition coefficient (Wildman–Crippen LogP) is 1.80. The molecule has 0 aromatic heterocycles. The monoisotopic (exact) mass is 171 g/mol. The van der Waals surface area contributed by atoms with Crippen LogP contribution in [-0.4, -0.2) is 25.8 Å². The van der Waals surface area contributed by atoms with Crippen molar-refractivity contribution in [3.05, 3.63) is 0 Å². The summed E-state index contributed by atoms with van der Waals surface area (Å²) in [5, 5.41) is 3.52. The fraction of sp³-hybridized carbons (Fsp3) is 1.00. The Morgan fingerprint density at radius 3 is 2.83 bits per heavy atom. The van der Waals surface area contributed by atoms with Crippen LogP contribution in [0.25, 0.3) is 0 Å². The van der Waals surface area contributed by atoms with Gasteiger partial charge >= 0.3 is 0 Å². The van der Waals surface area contributed by atoms with Gasteiger partial charge < -0.3 is 10.1 Å². The van der Waals surface area contributed by atoms with Crippen molar-refractivity contribution in [2.45, 2.75) is 39.2 Å². The molecule has 0 amide bonds. The second-order valence-electron chi connectivity index (χ2n) is 3.63. The maximum Gasteiger partial charge on any atom is 0.0477 e. The molecule has 72 valence electrons. The number of nitrogens with one attached hydrogen (secondary N) is 1. The van der Waals surface area contributed by atoms with Crippen LogP contribution in [0, 0.1) is 5.92 Å². The van der Waals surface area contributed by atoms with Crippen LogP contribution < -0.4 is 5.32 Å². The van der Waals surface area contributed by atoms with Gasteiger partial charge in [-0.15, -0.1) is 0 Å². The van der Waals surface area contributed by atoms with Gasteiger partial charge in [0, 0.05) is 19.3 Å². The van der Waals surface area contributed by atoms with E-state index in [0.29, 0.717) is 0 Å². The van der Waals surface area contributed by atoms with E-state index in [1.54, 1.807) is 0 Å². The Bertz CT molecular complexity index is 112. The van der Waals surface area contributed by atoms with Gasteiger partial charge in [0.2, 0.25) is 0 Å². The first-order chi connectivity index (χ1) is 5.84. The van der Waals surface area contributed by atoms with Gasteiger partial charge in [0.1, 0.15) is 0 Å². The lowest BCUT2D eigenvalue weighted by Gasteiger charge is -2.11. The molecule has 0 aliphatic heterocycles. The summed E-state index contributed by atoms with van der Waals surface area (Å²) in [4.78, 5) is 0. The molecule has 0 aromatic carbocycles. The van der Waals surface area contributed by atoms with Crippen molar-refractivity contribution in [2.75, 3.05) is 19.8 Å². The molecule has 1 aliphatic rings. The van der Waals surface area contributed by atoms with E-state index in [2.05, 4.69) is 12.2 Å². The van der Waals surface area contributed by atoms with Gasteiger partial charge in [-0.05, 0) is 45.6 Å². The van der Waals surface area contributed by atoms with Crippen LogP contribution in [0.1, 0.15) is 33.1 Å². The van der Waals surface area contributed by atoms with Gasteiger partial charge in [-0.3, -0.25) is 0 Å². The third-order valence-electron chi connectivity index (χ3n) is 2.47. The Hall–Kier alpha value is -0.0800. The van der Waals surface area contributed by atoms with Crippen molar-refractivity contribution in [3.63, 3.8) is 0 Å². The Kier molecular flexibility index (Phi) is 4.62. The summed E-state index contributed by atoms with van der Waals surface area (Å²) in [7, 11) is 0. The molecule has 2 heteroatoms. The first kappa shape index (κ1) is 10.0. The smallest absolute Gasteiger partial charge is 0.0477 e. The highest BCUT2D eigenvalue weighted by molar-refractivity contribution is 4.82. The summed E-state index contributed by atoms with van der Waals surface area (Å²) in [6.07, 6.45) is 4.00. The van der Waals surface area contributed by atoms with Crippen molar-refractivity contribution < 1.29 is 4.74 Å². The van der Waals surface area contributed by atoms with Crippen molar-refractivity contribution in [3.8, 4) is 0 Å². The summed E-state index contributed by atoms with van der Waals surface area (Å²) >= 11 is 0. The molecule has 1 aliphatic carbocycles. The third kappa shape index (κ3) is 4.07. The molecule has 1 saturated carbocycles. The molecule has 0 saturated heterocycles. The van der Waals surface area contributed by atoms with E-state index >= 15 is 0 Å². The van der Waals surface area contributed by atoms with E-state index in [4.69, 9.17) is 4.74 Å². The number of hydrogen-bond acceptors (Lipinski definition) is 2. The summed E-state index contributed by atoms with van der Waals surface area (Å²) in [6, 6.07) is 0.728. The minimum absolute atomic E-state index is 0.728. The number of hydrogen-bond donors (Lipinski definition) is 1. The van der Waals surface area contributed by atoms with Crippen LogP contribution in [0.15, 0.2) is 0 Å². The molecule has 0 bridgehead atoms. The van der Waals surface area contributed by atoms with E-state index in [0.717, 1.165) is 38.1 Å². The fourth-order valence-corrected chi connectivity index (χ4v) is 1.41. The van der Waals surface area contributed by atoms with E-state index in [1.807, 2.05) is 6.92 Å². The highest BCUT2D eigenvalue weighted by Gasteiger charge is 2.26. The minimum Gasteiger partial charge on any atom is -0.382 e. The molecule has 0 heterocycles. The molecule has 0 aromatic rings. The number of ether oxygens (including phenoxy) is 1. The Labute approximate surface area is 75.7 Å². The van der Waals surface area contributed by atoms with Crippen molar-refractivity contribution in [1.29, 1.82) is 0 Å². The van der Waals surface area contributed by atoms with E-state index in [9.17, 15) is 0 Å². The topological polar surface area (TPSA) is 21.3 Å². The normalized spacial score (nSPS) is 19.5.